The Bertz CT molecular complexity index is 916. The van der Waals surface area contributed by atoms with E-state index < -0.39 is 24.7 Å². The van der Waals surface area contributed by atoms with Crippen molar-refractivity contribution in [3.8, 4) is 5.75 Å². The molecule has 0 unspecified atom stereocenters. The molecular weight excluding hydrogens is 358 g/mol. The van der Waals surface area contributed by atoms with Gasteiger partial charge in [0.1, 0.15) is 12.0 Å². The minimum atomic E-state index is -1.13. The van der Waals surface area contributed by atoms with Gasteiger partial charge in [0, 0.05) is 6.07 Å². The highest BCUT2D eigenvalue weighted by Crippen LogP contribution is 2.26. The Balaban J connectivity index is 1.63. The number of hydrogen-bond acceptors (Lipinski definition) is 8. The van der Waals surface area contributed by atoms with E-state index in [1.165, 1.54) is 13.2 Å². The van der Waals surface area contributed by atoms with Gasteiger partial charge in [0.15, 0.2) is 12.3 Å². The zero-order chi connectivity index (χ0) is 18.7. The van der Waals surface area contributed by atoms with Crippen molar-refractivity contribution < 1.29 is 24.2 Å². The number of carbonyl (C=O) groups is 1. The van der Waals surface area contributed by atoms with Gasteiger partial charge in [-0.05, 0) is 26.0 Å². The molecule has 0 saturated carbocycles. The number of benzene rings is 1. The molecule has 0 aliphatic heterocycles. The minimum absolute atomic E-state index is 0.0438. The van der Waals surface area contributed by atoms with E-state index in [-0.39, 0.29) is 18.2 Å². The standard InChI is InChI=1S/C17H19N3O5S/c1-10-18-12-5-11(3-4-14(12)26-10)24-7-15-19-13(6-25-15)16(23)20-17(2,8-21)9-22/h3-6,21-22H,7-9H2,1-2H3,(H,20,23). The smallest absolute Gasteiger partial charge is 0.273 e. The highest BCUT2D eigenvalue weighted by Gasteiger charge is 2.26. The summed E-state index contributed by atoms with van der Waals surface area (Å²) in [5, 5.41) is 22.0. The van der Waals surface area contributed by atoms with Crippen molar-refractivity contribution in [3.05, 3.63) is 41.1 Å². The maximum atomic E-state index is 12.1. The van der Waals surface area contributed by atoms with Crippen LogP contribution in [0.25, 0.3) is 10.2 Å². The van der Waals surface area contributed by atoms with Crippen molar-refractivity contribution in [1.29, 1.82) is 0 Å². The molecule has 2 aromatic heterocycles. The largest absolute Gasteiger partial charge is 0.484 e. The van der Waals surface area contributed by atoms with Crippen LogP contribution in [0.1, 0.15) is 28.3 Å². The first-order chi connectivity index (χ1) is 12.4. The van der Waals surface area contributed by atoms with Crippen LogP contribution < -0.4 is 10.1 Å². The molecule has 2 heterocycles. The van der Waals surface area contributed by atoms with Gasteiger partial charge in [-0.25, -0.2) is 9.97 Å². The molecule has 0 fully saturated rings. The van der Waals surface area contributed by atoms with Crippen molar-refractivity contribution >= 4 is 27.5 Å². The summed E-state index contributed by atoms with van der Waals surface area (Å²) in [5.74, 6) is 0.310. The Morgan fingerprint density at radius 2 is 2.12 bits per heavy atom. The molecule has 1 amide bonds. The summed E-state index contributed by atoms with van der Waals surface area (Å²) < 4.78 is 12.0. The van der Waals surface area contributed by atoms with E-state index >= 15 is 0 Å². The topological polar surface area (TPSA) is 118 Å². The van der Waals surface area contributed by atoms with Gasteiger partial charge in [-0.3, -0.25) is 4.79 Å². The third-order valence-corrected chi connectivity index (χ3v) is 4.68. The predicted octanol–water partition coefficient (Wildman–Crippen LogP) is 1.64. The van der Waals surface area contributed by atoms with Crippen LogP contribution in [0.5, 0.6) is 5.75 Å². The van der Waals surface area contributed by atoms with Crippen LogP contribution in [0, 0.1) is 6.92 Å². The highest BCUT2D eigenvalue weighted by atomic mass is 32.1. The lowest BCUT2D eigenvalue weighted by atomic mass is 10.1. The van der Waals surface area contributed by atoms with Gasteiger partial charge in [-0.15, -0.1) is 11.3 Å². The fraction of sp³-hybridized carbons (Fsp3) is 0.353. The van der Waals surface area contributed by atoms with Crippen LogP contribution >= 0.6 is 11.3 Å². The molecule has 0 aliphatic rings. The van der Waals surface area contributed by atoms with Gasteiger partial charge in [-0.1, -0.05) is 0 Å². The van der Waals surface area contributed by atoms with Crippen LogP contribution in [0.15, 0.2) is 28.9 Å². The number of fused-ring (bicyclic) bond motifs is 1. The second kappa shape index (κ2) is 7.40. The first kappa shape index (κ1) is 18.3. The normalized spacial score (nSPS) is 11.7. The molecule has 0 bridgehead atoms. The summed E-state index contributed by atoms with van der Waals surface area (Å²) in [6.45, 7) is 2.72. The number of nitrogens with zero attached hydrogens (tertiary/aromatic N) is 2. The SMILES string of the molecule is Cc1nc2cc(OCc3nc(C(=O)NC(C)(CO)CO)co3)ccc2s1. The number of thiazole rings is 1. The number of nitrogens with one attached hydrogen (secondary N) is 1. The second-order valence-corrected chi connectivity index (χ2v) is 7.34. The lowest BCUT2D eigenvalue weighted by molar-refractivity contribution is 0.0719. The van der Waals surface area contributed by atoms with Crippen molar-refractivity contribution in [1.82, 2.24) is 15.3 Å². The fourth-order valence-corrected chi connectivity index (χ4v) is 3.01. The minimum Gasteiger partial charge on any atom is -0.484 e. The Hall–Kier alpha value is -2.49. The molecule has 3 aromatic rings. The summed E-state index contributed by atoms with van der Waals surface area (Å²) in [4.78, 5) is 20.6. The van der Waals surface area contributed by atoms with Crippen molar-refractivity contribution in [2.75, 3.05) is 13.2 Å². The fourth-order valence-electron chi connectivity index (χ4n) is 2.21. The number of aromatic nitrogens is 2. The maximum Gasteiger partial charge on any atom is 0.273 e. The van der Waals surface area contributed by atoms with Gasteiger partial charge < -0.3 is 24.7 Å². The number of rotatable bonds is 7. The zero-order valence-corrected chi connectivity index (χ0v) is 15.2. The van der Waals surface area contributed by atoms with Crippen molar-refractivity contribution in [2.24, 2.45) is 0 Å². The molecule has 0 radical (unpaired) electrons. The average molecular weight is 377 g/mol. The molecule has 0 atom stereocenters. The van der Waals surface area contributed by atoms with Gasteiger partial charge in [0.05, 0.1) is 34.0 Å². The second-order valence-electron chi connectivity index (χ2n) is 6.11. The molecule has 1 aromatic carbocycles. The van der Waals surface area contributed by atoms with Gasteiger partial charge in [0.25, 0.3) is 5.91 Å². The van der Waals surface area contributed by atoms with Crippen LogP contribution in [-0.2, 0) is 6.61 Å². The van der Waals surface area contributed by atoms with E-state index in [0.29, 0.717) is 5.75 Å². The molecule has 8 nitrogen and oxygen atoms in total. The van der Waals surface area contributed by atoms with Crippen molar-refractivity contribution in [3.63, 3.8) is 0 Å². The first-order valence-corrected chi connectivity index (χ1v) is 8.73. The Labute approximate surface area is 153 Å². The Morgan fingerprint density at radius 1 is 1.35 bits per heavy atom. The van der Waals surface area contributed by atoms with Crippen molar-refractivity contribution in [2.45, 2.75) is 26.0 Å². The number of oxazole rings is 1. The Morgan fingerprint density at radius 3 is 2.85 bits per heavy atom. The zero-order valence-electron chi connectivity index (χ0n) is 14.4. The summed E-state index contributed by atoms with van der Waals surface area (Å²) in [6.07, 6.45) is 1.20. The number of carbonyl (C=O) groups excluding carboxylic acids is 1. The number of aryl methyl sites for hydroxylation is 1. The van der Waals surface area contributed by atoms with E-state index in [1.807, 2.05) is 25.1 Å². The number of ether oxygens (including phenoxy) is 1. The van der Waals surface area contributed by atoms with E-state index in [4.69, 9.17) is 9.15 Å². The first-order valence-electron chi connectivity index (χ1n) is 7.91. The lowest BCUT2D eigenvalue weighted by Crippen LogP contribution is -2.51. The summed E-state index contributed by atoms with van der Waals surface area (Å²) in [6, 6.07) is 5.61. The molecule has 3 N–H and O–H groups in total. The van der Waals surface area contributed by atoms with Gasteiger partial charge >= 0.3 is 0 Å². The number of hydrogen-bond donors (Lipinski definition) is 3. The summed E-state index contributed by atoms with van der Waals surface area (Å²) in [5.41, 5.74) is -0.222. The van der Waals surface area contributed by atoms with Crippen LogP contribution in [0.3, 0.4) is 0 Å². The molecule has 0 spiro atoms. The third kappa shape index (κ3) is 4.01. The molecule has 3 rings (SSSR count). The van der Waals surface area contributed by atoms with E-state index in [2.05, 4.69) is 15.3 Å². The number of amides is 1. The quantitative estimate of drug-likeness (QED) is 0.573. The number of aliphatic hydroxyl groups is 2. The molecule has 0 aliphatic carbocycles. The highest BCUT2D eigenvalue weighted by molar-refractivity contribution is 7.18. The molecule has 26 heavy (non-hydrogen) atoms. The van der Waals surface area contributed by atoms with Gasteiger partial charge in [-0.2, -0.15) is 0 Å². The third-order valence-electron chi connectivity index (χ3n) is 3.73. The van der Waals surface area contributed by atoms with Crippen LogP contribution in [-0.4, -0.2) is 44.8 Å². The van der Waals surface area contributed by atoms with Gasteiger partial charge in [0.2, 0.25) is 5.89 Å². The Kier molecular flexibility index (Phi) is 5.21. The van der Waals surface area contributed by atoms with Crippen LogP contribution in [0.2, 0.25) is 0 Å². The summed E-state index contributed by atoms with van der Waals surface area (Å²) >= 11 is 1.61. The summed E-state index contributed by atoms with van der Waals surface area (Å²) in [7, 11) is 0. The van der Waals surface area contributed by atoms with E-state index in [0.717, 1.165) is 15.2 Å². The van der Waals surface area contributed by atoms with E-state index in [9.17, 15) is 15.0 Å². The maximum absolute atomic E-state index is 12.1. The predicted molar refractivity (Wildman–Crippen MR) is 95.2 cm³/mol. The van der Waals surface area contributed by atoms with E-state index in [1.54, 1.807) is 11.3 Å². The molecule has 0 saturated heterocycles. The van der Waals surface area contributed by atoms with Crippen LogP contribution in [0.4, 0.5) is 0 Å². The number of aliphatic hydroxyl groups excluding tert-OH is 2. The monoisotopic (exact) mass is 377 g/mol. The molecule has 138 valence electrons. The lowest BCUT2D eigenvalue weighted by Gasteiger charge is -2.25. The molecular formula is C17H19N3O5S. The average Bonchev–Trinajstić information content (AvgIpc) is 3.24. The molecule has 9 heteroatoms.